The number of hydrogen-bond donors (Lipinski definition) is 1. The second-order valence-corrected chi connectivity index (χ2v) is 6.69. The summed E-state index contributed by atoms with van der Waals surface area (Å²) in [6.07, 6.45) is 2.48. The first-order chi connectivity index (χ1) is 8.96. The lowest BCUT2D eigenvalue weighted by Gasteiger charge is -2.35. The summed E-state index contributed by atoms with van der Waals surface area (Å²) in [7, 11) is 0. The highest BCUT2D eigenvalue weighted by atomic mass is 15.2. The fraction of sp³-hybridized carbons (Fsp3) is 0.647. The largest absolute Gasteiger partial charge is 0.330 e. The first kappa shape index (κ1) is 14.5. The van der Waals surface area contributed by atoms with E-state index in [9.17, 15) is 0 Å². The maximum absolute atomic E-state index is 5.90. The Kier molecular flexibility index (Phi) is 4.32. The fourth-order valence-electron chi connectivity index (χ4n) is 3.14. The molecule has 0 saturated carbocycles. The zero-order chi connectivity index (χ0) is 14.0. The van der Waals surface area contributed by atoms with Crippen LogP contribution in [0, 0.1) is 12.3 Å². The van der Waals surface area contributed by atoms with Gasteiger partial charge in [0.2, 0.25) is 0 Å². The van der Waals surface area contributed by atoms with Gasteiger partial charge in [0.05, 0.1) is 0 Å². The van der Waals surface area contributed by atoms with Gasteiger partial charge in [0.15, 0.2) is 0 Å². The van der Waals surface area contributed by atoms with E-state index in [1.54, 1.807) is 11.1 Å². The van der Waals surface area contributed by atoms with Crippen LogP contribution in [0.4, 0.5) is 0 Å². The molecule has 1 aliphatic carbocycles. The van der Waals surface area contributed by atoms with Crippen molar-refractivity contribution in [2.75, 3.05) is 19.6 Å². The molecule has 106 valence electrons. The molecule has 1 atom stereocenters. The van der Waals surface area contributed by atoms with Crippen molar-refractivity contribution < 1.29 is 0 Å². The van der Waals surface area contributed by atoms with Crippen LogP contribution in [0.25, 0.3) is 0 Å². The van der Waals surface area contributed by atoms with E-state index in [-0.39, 0.29) is 5.41 Å². The van der Waals surface area contributed by atoms with Gasteiger partial charge in [-0.15, -0.1) is 0 Å². The molecular formula is C17H28N2. The van der Waals surface area contributed by atoms with Crippen LogP contribution in [0.2, 0.25) is 0 Å². The smallest absolute Gasteiger partial charge is 0.0354 e. The molecule has 2 N–H and O–H groups in total. The Labute approximate surface area is 118 Å². The SMILES string of the molecule is CCN(CC(C)(C)CN)C1CCc2ccc(C)cc21. The van der Waals surface area contributed by atoms with Crippen LogP contribution in [0.5, 0.6) is 0 Å². The monoisotopic (exact) mass is 260 g/mol. The summed E-state index contributed by atoms with van der Waals surface area (Å²) >= 11 is 0. The zero-order valence-electron chi connectivity index (χ0n) is 12.9. The van der Waals surface area contributed by atoms with Crippen molar-refractivity contribution in [1.29, 1.82) is 0 Å². The number of rotatable bonds is 5. The maximum Gasteiger partial charge on any atom is 0.0354 e. The quantitative estimate of drug-likeness (QED) is 0.880. The molecular weight excluding hydrogens is 232 g/mol. The number of benzene rings is 1. The molecule has 19 heavy (non-hydrogen) atoms. The van der Waals surface area contributed by atoms with Crippen molar-refractivity contribution >= 4 is 0 Å². The van der Waals surface area contributed by atoms with Crippen molar-refractivity contribution in [3.63, 3.8) is 0 Å². The summed E-state index contributed by atoms with van der Waals surface area (Å²) in [6.45, 7) is 11.9. The first-order valence-electron chi connectivity index (χ1n) is 7.50. The van der Waals surface area contributed by atoms with Gasteiger partial charge in [-0.05, 0) is 49.4 Å². The lowest BCUT2D eigenvalue weighted by Crippen LogP contribution is -2.40. The second kappa shape index (κ2) is 5.64. The molecule has 0 radical (unpaired) electrons. The molecule has 1 unspecified atom stereocenters. The van der Waals surface area contributed by atoms with Gasteiger partial charge in [0.25, 0.3) is 0 Å². The Hall–Kier alpha value is -0.860. The van der Waals surface area contributed by atoms with Crippen molar-refractivity contribution in [2.24, 2.45) is 11.1 Å². The van der Waals surface area contributed by atoms with E-state index >= 15 is 0 Å². The van der Waals surface area contributed by atoms with Gasteiger partial charge in [0.1, 0.15) is 0 Å². The third-order valence-electron chi connectivity index (χ3n) is 4.38. The number of aryl methyl sites for hydroxylation is 2. The molecule has 0 fully saturated rings. The van der Waals surface area contributed by atoms with Gasteiger partial charge in [-0.3, -0.25) is 4.90 Å². The van der Waals surface area contributed by atoms with Gasteiger partial charge >= 0.3 is 0 Å². The minimum absolute atomic E-state index is 0.197. The van der Waals surface area contributed by atoms with Crippen LogP contribution < -0.4 is 5.73 Å². The Bertz CT molecular complexity index is 437. The third-order valence-corrected chi connectivity index (χ3v) is 4.38. The number of nitrogens with two attached hydrogens (primary N) is 1. The van der Waals surface area contributed by atoms with Crippen molar-refractivity contribution in [1.82, 2.24) is 4.90 Å². The van der Waals surface area contributed by atoms with Gasteiger partial charge in [-0.1, -0.05) is 44.5 Å². The highest BCUT2D eigenvalue weighted by molar-refractivity contribution is 5.37. The van der Waals surface area contributed by atoms with E-state index in [4.69, 9.17) is 5.73 Å². The van der Waals surface area contributed by atoms with Crippen LogP contribution in [0.1, 0.15) is 49.9 Å². The Morgan fingerprint density at radius 1 is 1.37 bits per heavy atom. The minimum Gasteiger partial charge on any atom is -0.330 e. The predicted octanol–water partition coefficient (Wildman–Crippen LogP) is 3.29. The highest BCUT2D eigenvalue weighted by Crippen LogP contribution is 2.37. The predicted molar refractivity (Wildman–Crippen MR) is 82.3 cm³/mol. The van der Waals surface area contributed by atoms with E-state index in [1.165, 1.54) is 18.4 Å². The summed E-state index contributed by atoms with van der Waals surface area (Å²) < 4.78 is 0. The second-order valence-electron chi connectivity index (χ2n) is 6.69. The van der Waals surface area contributed by atoms with Crippen LogP contribution in [0.15, 0.2) is 18.2 Å². The summed E-state index contributed by atoms with van der Waals surface area (Å²) in [5.41, 5.74) is 10.6. The molecule has 0 bridgehead atoms. The molecule has 2 heteroatoms. The van der Waals surface area contributed by atoms with Gasteiger partial charge in [0, 0.05) is 12.6 Å². The van der Waals surface area contributed by atoms with E-state index in [0.29, 0.717) is 6.04 Å². The Balaban J connectivity index is 2.21. The standard InChI is InChI=1S/C17H28N2/c1-5-19(12-17(3,4)11-18)16-9-8-14-7-6-13(2)10-15(14)16/h6-7,10,16H,5,8-9,11-12,18H2,1-4H3. The minimum atomic E-state index is 0.197. The van der Waals surface area contributed by atoms with Crippen LogP contribution in [-0.4, -0.2) is 24.5 Å². The molecule has 0 aromatic heterocycles. The summed E-state index contributed by atoms with van der Waals surface area (Å²) in [5.74, 6) is 0. The highest BCUT2D eigenvalue weighted by Gasteiger charge is 2.30. The van der Waals surface area contributed by atoms with Crippen LogP contribution in [-0.2, 0) is 6.42 Å². The summed E-state index contributed by atoms with van der Waals surface area (Å²) in [5, 5.41) is 0. The summed E-state index contributed by atoms with van der Waals surface area (Å²) in [4.78, 5) is 2.61. The summed E-state index contributed by atoms with van der Waals surface area (Å²) in [6, 6.07) is 7.52. The molecule has 1 aliphatic rings. The average Bonchev–Trinajstić information content (AvgIpc) is 2.79. The molecule has 0 heterocycles. The lowest BCUT2D eigenvalue weighted by atomic mass is 9.91. The van der Waals surface area contributed by atoms with Gasteiger partial charge in [-0.25, -0.2) is 0 Å². The van der Waals surface area contributed by atoms with E-state index in [2.05, 4.69) is 50.8 Å². The molecule has 1 aromatic rings. The number of nitrogens with zero attached hydrogens (tertiary/aromatic N) is 1. The normalized spacial score (nSPS) is 18.9. The first-order valence-corrected chi connectivity index (χ1v) is 7.50. The van der Waals surface area contributed by atoms with E-state index in [0.717, 1.165) is 19.6 Å². The number of hydrogen-bond acceptors (Lipinski definition) is 2. The van der Waals surface area contributed by atoms with Gasteiger partial charge in [-0.2, -0.15) is 0 Å². The average molecular weight is 260 g/mol. The molecule has 0 aliphatic heterocycles. The Morgan fingerprint density at radius 2 is 2.11 bits per heavy atom. The molecule has 0 spiro atoms. The molecule has 2 rings (SSSR count). The number of fused-ring (bicyclic) bond motifs is 1. The maximum atomic E-state index is 5.90. The fourth-order valence-corrected chi connectivity index (χ4v) is 3.14. The van der Waals surface area contributed by atoms with Crippen molar-refractivity contribution in [2.45, 2.75) is 46.6 Å². The van der Waals surface area contributed by atoms with Crippen LogP contribution in [0.3, 0.4) is 0 Å². The third kappa shape index (κ3) is 3.18. The van der Waals surface area contributed by atoms with Crippen molar-refractivity contribution in [3.8, 4) is 0 Å². The zero-order valence-corrected chi connectivity index (χ0v) is 12.9. The Morgan fingerprint density at radius 3 is 2.74 bits per heavy atom. The van der Waals surface area contributed by atoms with Crippen LogP contribution >= 0.6 is 0 Å². The van der Waals surface area contributed by atoms with Crippen molar-refractivity contribution in [3.05, 3.63) is 34.9 Å². The topological polar surface area (TPSA) is 29.3 Å². The van der Waals surface area contributed by atoms with E-state index in [1.807, 2.05) is 0 Å². The van der Waals surface area contributed by atoms with E-state index < -0.39 is 0 Å². The molecule has 0 saturated heterocycles. The molecule has 0 amide bonds. The molecule has 1 aromatic carbocycles. The molecule has 2 nitrogen and oxygen atoms in total. The lowest BCUT2D eigenvalue weighted by molar-refractivity contribution is 0.138. The van der Waals surface area contributed by atoms with Gasteiger partial charge < -0.3 is 5.73 Å².